The van der Waals surface area contributed by atoms with E-state index in [4.69, 9.17) is 23.2 Å². The van der Waals surface area contributed by atoms with Gasteiger partial charge in [0.2, 0.25) is 0 Å². The van der Waals surface area contributed by atoms with Crippen molar-refractivity contribution in [2.24, 2.45) is 0 Å². The molecule has 0 aromatic carbocycles. The summed E-state index contributed by atoms with van der Waals surface area (Å²) in [6.07, 6.45) is 1.88. The van der Waals surface area contributed by atoms with Crippen LogP contribution in [0.1, 0.15) is 38.6 Å². The smallest absolute Gasteiger partial charge is 0.0863 e. The molecule has 17 heavy (non-hydrogen) atoms. The summed E-state index contributed by atoms with van der Waals surface area (Å²) < 4.78 is 1.97. The third kappa shape index (κ3) is 3.60. The first-order valence-electron chi connectivity index (χ1n) is 6.21. The fraction of sp³-hybridized carbons (Fsp3) is 0.750. The van der Waals surface area contributed by atoms with Gasteiger partial charge in [0.25, 0.3) is 0 Å². The third-order valence-electron chi connectivity index (χ3n) is 2.93. The maximum atomic E-state index is 6.32. The van der Waals surface area contributed by atoms with Crippen molar-refractivity contribution < 1.29 is 0 Å². The van der Waals surface area contributed by atoms with Crippen molar-refractivity contribution in [1.82, 2.24) is 15.1 Å². The highest BCUT2D eigenvalue weighted by atomic mass is 35.5. The molecule has 0 saturated heterocycles. The lowest BCUT2D eigenvalue weighted by molar-refractivity contribution is 0.509. The van der Waals surface area contributed by atoms with Crippen LogP contribution in [0.15, 0.2) is 0 Å². The maximum Gasteiger partial charge on any atom is 0.0863 e. The highest BCUT2D eigenvalue weighted by Crippen LogP contribution is 2.21. The number of aryl methyl sites for hydroxylation is 2. The van der Waals surface area contributed by atoms with Gasteiger partial charge in [-0.15, -0.1) is 11.6 Å². The Kier molecular flexibility index (Phi) is 6.31. The maximum absolute atomic E-state index is 6.32. The van der Waals surface area contributed by atoms with Crippen LogP contribution in [0.3, 0.4) is 0 Å². The standard InChI is InChI=1S/C12H21Cl2N3/c1-4-9(7-13)15-8-11-12(14)10(5-2)16-17(11)6-3/h9,15H,4-8H2,1-3H3. The summed E-state index contributed by atoms with van der Waals surface area (Å²) in [4.78, 5) is 0. The molecule has 1 atom stereocenters. The van der Waals surface area contributed by atoms with Crippen molar-refractivity contribution in [1.29, 1.82) is 0 Å². The molecule has 0 amide bonds. The van der Waals surface area contributed by atoms with Gasteiger partial charge < -0.3 is 5.32 Å². The van der Waals surface area contributed by atoms with E-state index in [-0.39, 0.29) is 0 Å². The van der Waals surface area contributed by atoms with Crippen LogP contribution in [0, 0.1) is 0 Å². The van der Waals surface area contributed by atoms with Crippen LogP contribution >= 0.6 is 23.2 Å². The van der Waals surface area contributed by atoms with E-state index in [0.29, 0.717) is 11.9 Å². The number of halogens is 2. The molecule has 0 aliphatic carbocycles. The molecular weight excluding hydrogens is 257 g/mol. The van der Waals surface area contributed by atoms with E-state index in [2.05, 4.69) is 31.2 Å². The summed E-state index contributed by atoms with van der Waals surface area (Å²) >= 11 is 12.2. The summed E-state index contributed by atoms with van der Waals surface area (Å²) in [5, 5.41) is 8.70. The summed E-state index contributed by atoms with van der Waals surface area (Å²) in [7, 11) is 0. The van der Waals surface area contributed by atoms with E-state index in [1.807, 2.05) is 4.68 Å². The van der Waals surface area contributed by atoms with Crippen LogP contribution in [-0.2, 0) is 19.5 Å². The molecule has 1 unspecified atom stereocenters. The molecule has 0 aliphatic heterocycles. The van der Waals surface area contributed by atoms with Crippen molar-refractivity contribution in [3.63, 3.8) is 0 Å². The molecular formula is C12H21Cl2N3. The summed E-state index contributed by atoms with van der Waals surface area (Å²) in [6, 6.07) is 0.331. The van der Waals surface area contributed by atoms with Gasteiger partial charge in [-0.05, 0) is 19.8 Å². The largest absolute Gasteiger partial charge is 0.307 e. The molecule has 0 bridgehead atoms. The topological polar surface area (TPSA) is 29.9 Å². The van der Waals surface area contributed by atoms with Crippen molar-refractivity contribution in [3.8, 4) is 0 Å². The number of nitrogens with zero attached hydrogens (tertiary/aromatic N) is 2. The Balaban J connectivity index is 2.78. The number of hydrogen-bond acceptors (Lipinski definition) is 2. The van der Waals surface area contributed by atoms with Gasteiger partial charge in [-0.1, -0.05) is 25.4 Å². The Morgan fingerprint density at radius 2 is 2.06 bits per heavy atom. The lowest BCUT2D eigenvalue weighted by Crippen LogP contribution is -2.30. The number of nitrogens with one attached hydrogen (secondary N) is 1. The molecule has 0 fully saturated rings. The van der Waals surface area contributed by atoms with Gasteiger partial charge in [-0.3, -0.25) is 4.68 Å². The number of aromatic nitrogens is 2. The van der Waals surface area contributed by atoms with E-state index in [1.165, 1.54) is 0 Å². The minimum Gasteiger partial charge on any atom is -0.307 e. The molecule has 0 aliphatic rings. The van der Waals surface area contributed by atoms with Crippen molar-refractivity contribution >= 4 is 23.2 Å². The van der Waals surface area contributed by atoms with Crippen LogP contribution < -0.4 is 5.32 Å². The zero-order valence-electron chi connectivity index (χ0n) is 10.8. The lowest BCUT2D eigenvalue weighted by Gasteiger charge is -2.14. The Morgan fingerprint density at radius 1 is 1.35 bits per heavy atom. The molecule has 1 heterocycles. The zero-order chi connectivity index (χ0) is 12.8. The van der Waals surface area contributed by atoms with Gasteiger partial charge in [-0.25, -0.2) is 0 Å². The Hall–Kier alpha value is -0.250. The van der Waals surface area contributed by atoms with E-state index in [9.17, 15) is 0 Å². The molecule has 0 saturated carbocycles. The Labute approximate surface area is 113 Å². The first-order valence-corrected chi connectivity index (χ1v) is 7.12. The summed E-state index contributed by atoms with van der Waals surface area (Å²) in [5.41, 5.74) is 2.04. The molecule has 0 spiro atoms. The predicted molar refractivity (Wildman–Crippen MR) is 73.9 cm³/mol. The van der Waals surface area contributed by atoms with Gasteiger partial charge in [0.05, 0.1) is 16.4 Å². The highest BCUT2D eigenvalue weighted by Gasteiger charge is 2.15. The first kappa shape index (κ1) is 14.8. The number of hydrogen-bond donors (Lipinski definition) is 1. The highest BCUT2D eigenvalue weighted by molar-refractivity contribution is 6.31. The minimum absolute atomic E-state index is 0.331. The second-order valence-corrected chi connectivity index (χ2v) is 4.70. The van der Waals surface area contributed by atoms with E-state index in [0.717, 1.165) is 42.3 Å². The average molecular weight is 278 g/mol. The van der Waals surface area contributed by atoms with Crippen molar-refractivity contribution in [2.75, 3.05) is 5.88 Å². The number of alkyl halides is 1. The third-order valence-corrected chi connectivity index (χ3v) is 3.74. The summed E-state index contributed by atoms with van der Waals surface area (Å²) in [6.45, 7) is 7.83. The summed E-state index contributed by atoms with van der Waals surface area (Å²) in [5.74, 6) is 0.620. The van der Waals surface area contributed by atoms with Crippen molar-refractivity contribution in [2.45, 2.75) is 52.7 Å². The van der Waals surface area contributed by atoms with Gasteiger partial charge >= 0.3 is 0 Å². The van der Waals surface area contributed by atoms with Gasteiger partial charge in [-0.2, -0.15) is 5.10 Å². The van der Waals surface area contributed by atoms with Crippen LogP contribution in [-0.4, -0.2) is 21.7 Å². The van der Waals surface area contributed by atoms with Crippen LogP contribution in [0.2, 0.25) is 5.02 Å². The molecule has 98 valence electrons. The molecule has 0 radical (unpaired) electrons. The first-order chi connectivity index (χ1) is 8.17. The van der Waals surface area contributed by atoms with Gasteiger partial charge in [0, 0.05) is 25.0 Å². The molecule has 1 rings (SSSR count). The quantitative estimate of drug-likeness (QED) is 0.776. The Morgan fingerprint density at radius 3 is 2.53 bits per heavy atom. The lowest BCUT2D eigenvalue weighted by atomic mass is 10.2. The fourth-order valence-electron chi connectivity index (χ4n) is 1.74. The van der Waals surface area contributed by atoms with Crippen LogP contribution in [0.4, 0.5) is 0 Å². The average Bonchev–Trinajstić information content (AvgIpc) is 2.67. The fourth-order valence-corrected chi connectivity index (χ4v) is 2.40. The van der Waals surface area contributed by atoms with Crippen LogP contribution in [0.25, 0.3) is 0 Å². The predicted octanol–water partition coefficient (Wildman–Crippen LogP) is 3.23. The monoisotopic (exact) mass is 277 g/mol. The second kappa shape index (κ2) is 7.24. The molecule has 1 aromatic rings. The second-order valence-electron chi connectivity index (χ2n) is 4.02. The van der Waals surface area contributed by atoms with E-state index < -0.39 is 0 Å². The Bertz CT molecular complexity index is 346. The normalized spacial score (nSPS) is 13.0. The minimum atomic E-state index is 0.331. The molecule has 1 aromatic heterocycles. The van der Waals surface area contributed by atoms with Gasteiger partial charge in [0.1, 0.15) is 0 Å². The molecule has 1 N–H and O–H groups in total. The SMILES string of the molecule is CCc1nn(CC)c(CNC(CC)CCl)c1Cl. The van der Waals surface area contributed by atoms with Gasteiger partial charge in [0.15, 0.2) is 0 Å². The number of rotatable bonds is 7. The van der Waals surface area contributed by atoms with E-state index in [1.54, 1.807) is 0 Å². The van der Waals surface area contributed by atoms with Crippen LogP contribution in [0.5, 0.6) is 0 Å². The van der Waals surface area contributed by atoms with E-state index >= 15 is 0 Å². The zero-order valence-corrected chi connectivity index (χ0v) is 12.3. The molecule has 3 nitrogen and oxygen atoms in total. The molecule has 5 heteroatoms. The van der Waals surface area contributed by atoms with Crippen molar-refractivity contribution in [3.05, 3.63) is 16.4 Å².